The fourth-order valence-electron chi connectivity index (χ4n) is 3.32. The lowest BCUT2D eigenvalue weighted by molar-refractivity contribution is -0.126. The second kappa shape index (κ2) is 13.7. The molecule has 1 aliphatic carbocycles. The Labute approximate surface area is 168 Å². The van der Waals surface area contributed by atoms with Crippen molar-refractivity contribution in [2.45, 2.75) is 44.6 Å². The molecule has 0 saturated heterocycles. The Morgan fingerprint density at radius 2 is 1.86 bits per heavy atom. The lowest BCUT2D eigenvalue weighted by atomic mass is 9.90. The minimum absolute atomic E-state index is 0.0244. The van der Waals surface area contributed by atoms with Crippen molar-refractivity contribution in [3.05, 3.63) is 29.8 Å². The van der Waals surface area contributed by atoms with Crippen LogP contribution in [0.1, 0.15) is 50.2 Å². The summed E-state index contributed by atoms with van der Waals surface area (Å²) < 4.78 is 21.3. The molecule has 1 fully saturated rings. The maximum Gasteiger partial charge on any atom is 0.161 e. The highest BCUT2D eigenvalue weighted by atomic mass is 16.5. The molecule has 6 heteroatoms. The van der Waals surface area contributed by atoms with E-state index in [9.17, 15) is 9.90 Å². The van der Waals surface area contributed by atoms with Gasteiger partial charge in [-0.05, 0) is 36.5 Å². The SMILES string of the molecule is COCCOCCOCC(=O)CC(O)c1cccc(OCC2CCCCC2)c1. The molecule has 1 atom stereocenters. The molecule has 0 radical (unpaired) electrons. The minimum atomic E-state index is -0.854. The van der Waals surface area contributed by atoms with Crippen molar-refractivity contribution in [3.8, 4) is 5.75 Å². The van der Waals surface area contributed by atoms with Gasteiger partial charge in [0.1, 0.15) is 12.4 Å². The van der Waals surface area contributed by atoms with Crippen LogP contribution in [0.5, 0.6) is 5.75 Å². The summed E-state index contributed by atoms with van der Waals surface area (Å²) in [5, 5.41) is 10.4. The molecule has 1 aromatic carbocycles. The third-order valence-electron chi connectivity index (χ3n) is 4.94. The summed E-state index contributed by atoms with van der Waals surface area (Å²) in [4.78, 5) is 12.0. The maximum absolute atomic E-state index is 12.0. The normalized spacial score (nSPS) is 16.1. The van der Waals surface area contributed by atoms with Crippen LogP contribution in [0.15, 0.2) is 24.3 Å². The number of ether oxygens (including phenoxy) is 4. The van der Waals surface area contributed by atoms with Crippen LogP contribution in [-0.4, -0.2) is 57.6 Å². The van der Waals surface area contributed by atoms with Crippen molar-refractivity contribution >= 4 is 5.78 Å². The fourth-order valence-corrected chi connectivity index (χ4v) is 3.32. The van der Waals surface area contributed by atoms with E-state index in [1.165, 1.54) is 32.1 Å². The highest BCUT2D eigenvalue weighted by Gasteiger charge is 2.16. The molecule has 0 amide bonds. The number of hydrogen-bond donors (Lipinski definition) is 1. The molecule has 0 bridgehead atoms. The highest BCUT2D eigenvalue weighted by molar-refractivity contribution is 5.80. The lowest BCUT2D eigenvalue weighted by Crippen LogP contribution is -2.16. The standard InChI is InChI=1S/C22H34O6/c1-25-10-11-26-12-13-27-17-20(23)15-22(24)19-8-5-9-21(14-19)28-16-18-6-3-2-4-7-18/h5,8-9,14,18,22,24H,2-4,6-7,10-13,15-17H2,1H3. The Balaban J connectivity index is 1.66. The van der Waals surface area contributed by atoms with Crippen LogP contribution in [0.3, 0.4) is 0 Å². The van der Waals surface area contributed by atoms with E-state index in [-0.39, 0.29) is 18.8 Å². The third-order valence-corrected chi connectivity index (χ3v) is 4.94. The van der Waals surface area contributed by atoms with Gasteiger partial charge in [-0.2, -0.15) is 0 Å². The number of ketones is 1. The average molecular weight is 395 g/mol. The summed E-state index contributed by atoms with van der Waals surface area (Å²) in [6, 6.07) is 7.39. The molecule has 0 aliphatic heterocycles. The molecular formula is C22H34O6. The second-order valence-corrected chi connectivity index (χ2v) is 7.30. The van der Waals surface area contributed by atoms with Crippen LogP contribution in [0.25, 0.3) is 0 Å². The molecule has 0 spiro atoms. The summed E-state index contributed by atoms with van der Waals surface area (Å²) in [6.45, 7) is 2.50. The smallest absolute Gasteiger partial charge is 0.161 e. The molecule has 1 aromatic rings. The molecule has 1 unspecified atom stereocenters. The maximum atomic E-state index is 12.0. The van der Waals surface area contributed by atoms with Gasteiger partial charge in [-0.15, -0.1) is 0 Å². The van der Waals surface area contributed by atoms with E-state index < -0.39 is 6.10 Å². The van der Waals surface area contributed by atoms with Gasteiger partial charge in [0.05, 0.1) is 39.1 Å². The Kier molecular flexibility index (Phi) is 11.1. The van der Waals surface area contributed by atoms with E-state index in [0.717, 1.165) is 12.4 Å². The van der Waals surface area contributed by atoms with E-state index in [2.05, 4.69) is 0 Å². The number of aliphatic hydroxyl groups excluding tert-OH is 1. The largest absolute Gasteiger partial charge is 0.493 e. The summed E-state index contributed by atoms with van der Waals surface area (Å²) in [5.74, 6) is 1.23. The number of carbonyl (C=O) groups excluding carboxylic acids is 1. The summed E-state index contributed by atoms with van der Waals surface area (Å²) in [7, 11) is 1.61. The molecule has 1 saturated carbocycles. The summed E-state index contributed by atoms with van der Waals surface area (Å²) in [6.07, 6.45) is 5.54. The van der Waals surface area contributed by atoms with E-state index in [4.69, 9.17) is 18.9 Å². The predicted octanol–water partition coefficient (Wildman–Crippen LogP) is 3.32. The monoisotopic (exact) mass is 394 g/mol. The van der Waals surface area contributed by atoms with Crippen molar-refractivity contribution in [2.24, 2.45) is 5.92 Å². The number of Topliss-reactive ketones (excluding diaryl/α,β-unsaturated/α-hetero) is 1. The van der Waals surface area contributed by atoms with Crippen LogP contribution in [0.4, 0.5) is 0 Å². The molecule has 28 heavy (non-hydrogen) atoms. The van der Waals surface area contributed by atoms with Crippen molar-refractivity contribution in [1.82, 2.24) is 0 Å². The van der Waals surface area contributed by atoms with Crippen LogP contribution in [0.2, 0.25) is 0 Å². The van der Waals surface area contributed by atoms with Gasteiger partial charge in [-0.3, -0.25) is 4.79 Å². The Morgan fingerprint density at radius 3 is 2.64 bits per heavy atom. The first-order valence-corrected chi connectivity index (χ1v) is 10.3. The topological polar surface area (TPSA) is 74.2 Å². The first-order chi connectivity index (χ1) is 13.7. The molecule has 1 N–H and O–H groups in total. The van der Waals surface area contributed by atoms with Gasteiger partial charge in [0.15, 0.2) is 5.78 Å². The zero-order valence-electron chi connectivity index (χ0n) is 16.9. The first kappa shape index (κ1) is 22.8. The molecule has 2 rings (SSSR count). The average Bonchev–Trinajstić information content (AvgIpc) is 2.72. The fraction of sp³-hybridized carbons (Fsp3) is 0.682. The number of aliphatic hydroxyl groups is 1. The first-order valence-electron chi connectivity index (χ1n) is 10.3. The molecule has 0 heterocycles. The number of methoxy groups -OCH3 is 1. The quantitative estimate of drug-likeness (QED) is 0.488. The number of rotatable bonds is 14. The van der Waals surface area contributed by atoms with Gasteiger partial charge >= 0.3 is 0 Å². The number of benzene rings is 1. The Hall–Kier alpha value is -1.47. The predicted molar refractivity (Wildman–Crippen MR) is 107 cm³/mol. The number of hydrogen-bond acceptors (Lipinski definition) is 6. The van der Waals surface area contributed by atoms with Gasteiger partial charge < -0.3 is 24.1 Å². The van der Waals surface area contributed by atoms with E-state index in [0.29, 0.717) is 37.9 Å². The zero-order valence-corrected chi connectivity index (χ0v) is 16.9. The van der Waals surface area contributed by atoms with Crippen molar-refractivity contribution in [3.63, 3.8) is 0 Å². The second-order valence-electron chi connectivity index (χ2n) is 7.30. The van der Waals surface area contributed by atoms with Crippen molar-refractivity contribution < 1.29 is 28.8 Å². The van der Waals surface area contributed by atoms with Gasteiger partial charge in [-0.1, -0.05) is 31.4 Å². The van der Waals surface area contributed by atoms with Crippen molar-refractivity contribution in [1.29, 1.82) is 0 Å². The van der Waals surface area contributed by atoms with Gasteiger partial charge in [0.25, 0.3) is 0 Å². The van der Waals surface area contributed by atoms with Gasteiger partial charge in [-0.25, -0.2) is 0 Å². The molecule has 6 nitrogen and oxygen atoms in total. The van der Waals surface area contributed by atoms with Gasteiger partial charge in [0, 0.05) is 13.5 Å². The molecular weight excluding hydrogens is 360 g/mol. The molecule has 1 aliphatic rings. The van der Waals surface area contributed by atoms with E-state index >= 15 is 0 Å². The van der Waals surface area contributed by atoms with Crippen LogP contribution in [-0.2, 0) is 19.0 Å². The lowest BCUT2D eigenvalue weighted by Gasteiger charge is -2.22. The van der Waals surface area contributed by atoms with Crippen LogP contribution in [0, 0.1) is 5.92 Å². The molecule has 158 valence electrons. The number of carbonyl (C=O) groups is 1. The van der Waals surface area contributed by atoms with Crippen LogP contribution < -0.4 is 4.74 Å². The van der Waals surface area contributed by atoms with Crippen molar-refractivity contribution in [2.75, 3.05) is 46.8 Å². The van der Waals surface area contributed by atoms with Crippen LogP contribution >= 0.6 is 0 Å². The van der Waals surface area contributed by atoms with Gasteiger partial charge in [0.2, 0.25) is 0 Å². The van der Waals surface area contributed by atoms with E-state index in [1.54, 1.807) is 7.11 Å². The third kappa shape index (κ3) is 9.15. The zero-order chi connectivity index (χ0) is 20.0. The summed E-state index contributed by atoms with van der Waals surface area (Å²) in [5.41, 5.74) is 0.692. The Morgan fingerprint density at radius 1 is 1.11 bits per heavy atom. The Bertz CT molecular complexity index is 556. The minimum Gasteiger partial charge on any atom is -0.493 e. The molecule has 0 aromatic heterocycles. The summed E-state index contributed by atoms with van der Waals surface area (Å²) >= 11 is 0. The van der Waals surface area contributed by atoms with E-state index in [1.807, 2.05) is 24.3 Å². The highest BCUT2D eigenvalue weighted by Crippen LogP contribution is 2.26.